The summed E-state index contributed by atoms with van der Waals surface area (Å²) in [6.45, 7) is 10.0. The van der Waals surface area contributed by atoms with E-state index in [2.05, 4.69) is 38.3 Å². The van der Waals surface area contributed by atoms with Crippen molar-refractivity contribution < 1.29 is 0 Å². The second kappa shape index (κ2) is 3.11. The molecule has 2 heteroatoms. The largest absolute Gasteiger partial charge is 0.298 e. The molecule has 11 heavy (non-hydrogen) atoms. The maximum atomic E-state index is 3.55. The van der Waals surface area contributed by atoms with Crippen LogP contribution in [0.15, 0.2) is 0 Å². The number of hydrogen-bond acceptors (Lipinski definition) is 2. The summed E-state index contributed by atoms with van der Waals surface area (Å²) in [6, 6.07) is 0.671. The molecule has 0 bridgehead atoms. The van der Waals surface area contributed by atoms with Gasteiger partial charge in [0.25, 0.3) is 0 Å². The topological polar surface area (TPSA) is 24.1 Å². The van der Waals surface area contributed by atoms with Gasteiger partial charge < -0.3 is 0 Å². The summed E-state index contributed by atoms with van der Waals surface area (Å²) in [4.78, 5) is 0. The van der Waals surface area contributed by atoms with Gasteiger partial charge in [-0.3, -0.25) is 10.6 Å². The molecule has 0 amide bonds. The van der Waals surface area contributed by atoms with Gasteiger partial charge in [0.2, 0.25) is 0 Å². The van der Waals surface area contributed by atoms with Crippen molar-refractivity contribution >= 4 is 0 Å². The second-order valence-corrected chi connectivity index (χ2v) is 4.48. The van der Waals surface area contributed by atoms with Gasteiger partial charge >= 0.3 is 0 Å². The zero-order valence-electron chi connectivity index (χ0n) is 8.07. The predicted octanol–water partition coefficient (Wildman–Crippen LogP) is 1.33. The van der Waals surface area contributed by atoms with Crippen molar-refractivity contribution in [3.63, 3.8) is 0 Å². The molecule has 0 aliphatic carbocycles. The first kappa shape index (κ1) is 9.01. The quantitative estimate of drug-likeness (QED) is 0.630. The maximum Gasteiger partial charge on any atom is 0.0632 e. The van der Waals surface area contributed by atoms with Crippen molar-refractivity contribution in [2.45, 2.75) is 45.8 Å². The Hall–Kier alpha value is -0.0800. The molecule has 0 aromatic heterocycles. The highest BCUT2D eigenvalue weighted by atomic mass is 15.3. The standard InChI is InChI=1S/C9H20N2/c1-7(2)5-8-6-10-9(3,4)11-8/h7-8,10-11H,5-6H2,1-4H3/t8-/m0/s1. The van der Waals surface area contributed by atoms with Crippen molar-refractivity contribution in [1.82, 2.24) is 10.6 Å². The second-order valence-electron chi connectivity index (χ2n) is 4.48. The zero-order valence-corrected chi connectivity index (χ0v) is 8.07. The Labute approximate surface area is 69.8 Å². The molecule has 1 rings (SSSR count). The molecular weight excluding hydrogens is 136 g/mol. The lowest BCUT2D eigenvalue weighted by Crippen LogP contribution is -2.44. The third kappa shape index (κ3) is 2.80. The van der Waals surface area contributed by atoms with Crippen molar-refractivity contribution in [2.75, 3.05) is 6.54 Å². The van der Waals surface area contributed by atoms with Crippen molar-refractivity contribution in [2.24, 2.45) is 5.92 Å². The fourth-order valence-electron chi connectivity index (χ4n) is 1.70. The Bertz CT molecular complexity index is 130. The Morgan fingerprint density at radius 1 is 1.45 bits per heavy atom. The molecule has 1 aliphatic heterocycles. The average molecular weight is 156 g/mol. The Kier molecular flexibility index (Phi) is 2.55. The SMILES string of the molecule is CC(C)C[C@H]1CNC(C)(C)N1. The van der Waals surface area contributed by atoms with Gasteiger partial charge in [-0.05, 0) is 26.2 Å². The van der Waals surface area contributed by atoms with Crippen LogP contribution in [-0.4, -0.2) is 18.2 Å². The van der Waals surface area contributed by atoms with Crippen LogP contribution in [0.2, 0.25) is 0 Å². The molecule has 0 aromatic rings. The number of hydrogen-bond donors (Lipinski definition) is 2. The molecule has 66 valence electrons. The highest BCUT2D eigenvalue weighted by molar-refractivity contribution is 4.89. The van der Waals surface area contributed by atoms with Crippen molar-refractivity contribution in [1.29, 1.82) is 0 Å². The highest BCUT2D eigenvalue weighted by Crippen LogP contribution is 2.13. The van der Waals surface area contributed by atoms with E-state index in [1.54, 1.807) is 0 Å². The third-order valence-electron chi connectivity index (χ3n) is 2.11. The molecule has 1 heterocycles. The van der Waals surface area contributed by atoms with Gasteiger partial charge in [0, 0.05) is 12.6 Å². The fourth-order valence-corrected chi connectivity index (χ4v) is 1.70. The first-order chi connectivity index (χ1) is 4.99. The van der Waals surface area contributed by atoms with E-state index in [0.29, 0.717) is 6.04 Å². The molecule has 2 nitrogen and oxygen atoms in total. The van der Waals surface area contributed by atoms with E-state index < -0.39 is 0 Å². The maximum absolute atomic E-state index is 3.55. The smallest absolute Gasteiger partial charge is 0.0632 e. The number of rotatable bonds is 2. The molecule has 1 atom stereocenters. The van der Waals surface area contributed by atoms with E-state index in [1.807, 2.05) is 0 Å². The van der Waals surface area contributed by atoms with E-state index in [0.717, 1.165) is 12.5 Å². The van der Waals surface area contributed by atoms with Gasteiger partial charge in [-0.15, -0.1) is 0 Å². The summed E-state index contributed by atoms with van der Waals surface area (Å²) in [5.74, 6) is 0.795. The van der Waals surface area contributed by atoms with E-state index in [1.165, 1.54) is 6.42 Å². The van der Waals surface area contributed by atoms with Crippen LogP contribution in [-0.2, 0) is 0 Å². The molecule has 1 aliphatic rings. The van der Waals surface area contributed by atoms with Crippen LogP contribution >= 0.6 is 0 Å². The van der Waals surface area contributed by atoms with E-state index in [9.17, 15) is 0 Å². The first-order valence-electron chi connectivity index (χ1n) is 4.52. The van der Waals surface area contributed by atoms with Crippen LogP contribution in [0.4, 0.5) is 0 Å². The minimum atomic E-state index is 0.152. The third-order valence-corrected chi connectivity index (χ3v) is 2.11. The van der Waals surface area contributed by atoms with E-state index >= 15 is 0 Å². The van der Waals surface area contributed by atoms with Gasteiger partial charge in [0.05, 0.1) is 5.66 Å². The van der Waals surface area contributed by atoms with Gasteiger partial charge in [-0.2, -0.15) is 0 Å². The van der Waals surface area contributed by atoms with Crippen molar-refractivity contribution in [3.8, 4) is 0 Å². The lowest BCUT2D eigenvalue weighted by Gasteiger charge is -2.20. The normalized spacial score (nSPS) is 29.7. The minimum absolute atomic E-state index is 0.152. The van der Waals surface area contributed by atoms with Gasteiger partial charge in [-0.25, -0.2) is 0 Å². The molecule has 2 N–H and O–H groups in total. The van der Waals surface area contributed by atoms with Crippen LogP contribution < -0.4 is 10.6 Å². The molecule has 0 unspecified atom stereocenters. The molecule has 0 radical (unpaired) electrons. The predicted molar refractivity (Wildman–Crippen MR) is 48.5 cm³/mol. The summed E-state index contributed by atoms with van der Waals surface area (Å²) in [6.07, 6.45) is 1.27. The summed E-state index contributed by atoms with van der Waals surface area (Å²) < 4.78 is 0. The Morgan fingerprint density at radius 3 is 2.45 bits per heavy atom. The van der Waals surface area contributed by atoms with Crippen LogP contribution in [0.25, 0.3) is 0 Å². The molecule has 0 aromatic carbocycles. The van der Waals surface area contributed by atoms with Crippen LogP contribution in [0.5, 0.6) is 0 Å². The summed E-state index contributed by atoms with van der Waals surface area (Å²) in [5.41, 5.74) is 0.152. The van der Waals surface area contributed by atoms with Crippen molar-refractivity contribution in [3.05, 3.63) is 0 Å². The van der Waals surface area contributed by atoms with E-state index in [4.69, 9.17) is 0 Å². The number of nitrogens with one attached hydrogen (secondary N) is 2. The molecule has 1 fully saturated rings. The van der Waals surface area contributed by atoms with Gasteiger partial charge in [-0.1, -0.05) is 13.8 Å². The fraction of sp³-hybridized carbons (Fsp3) is 1.00. The van der Waals surface area contributed by atoms with Crippen LogP contribution in [0.1, 0.15) is 34.1 Å². The lowest BCUT2D eigenvalue weighted by atomic mass is 10.0. The van der Waals surface area contributed by atoms with Crippen LogP contribution in [0.3, 0.4) is 0 Å². The Balaban J connectivity index is 2.31. The Morgan fingerprint density at radius 2 is 2.09 bits per heavy atom. The first-order valence-corrected chi connectivity index (χ1v) is 4.52. The summed E-state index contributed by atoms with van der Waals surface area (Å²) in [7, 11) is 0. The van der Waals surface area contributed by atoms with Crippen LogP contribution in [0, 0.1) is 5.92 Å². The average Bonchev–Trinajstić information content (AvgIpc) is 2.08. The molecule has 1 saturated heterocycles. The summed E-state index contributed by atoms with van der Waals surface area (Å²) in [5, 5.41) is 6.99. The molecular formula is C9H20N2. The lowest BCUT2D eigenvalue weighted by molar-refractivity contribution is 0.374. The molecule has 0 spiro atoms. The highest BCUT2D eigenvalue weighted by Gasteiger charge is 2.28. The molecule has 0 saturated carbocycles. The van der Waals surface area contributed by atoms with Gasteiger partial charge in [0.15, 0.2) is 0 Å². The minimum Gasteiger partial charge on any atom is -0.298 e. The monoisotopic (exact) mass is 156 g/mol. The van der Waals surface area contributed by atoms with Gasteiger partial charge in [0.1, 0.15) is 0 Å². The van der Waals surface area contributed by atoms with E-state index in [-0.39, 0.29) is 5.66 Å². The summed E-state index contributed by atoms with van der Waals surface area (Å²) >= 11 is 0. The zero-order chi connectivity index (χ0) is 8.48.